The molecule has 0 aliphatic carbocycles. The maximum Gasteiger partial charge on any atom is 0.416 e. The van der Waals surface area contributed by atoms with E-state index in [9.17, 15) is 27.6 Å². The highest BCUT2D eigenvalue weighted by molar-refractivity contribution is 5.76. The highest BCUT2D eigenvalue weighted by Crippen LogP contribution is 2.31. The molecule has 0 fully saturated rings. The average Bonchev–Trinajstić information content (AvgIpc) is 2.84. The second-order valence-electron chi connectivity index (χ2n) is 7.98. The average molecular weight is 519 g/mol. The van der Waals surface area contributed by atoms with Gasteiger partial charge in [-0.1, -0.05) is 24.3 Å². The number of pyridine rings is 1. The Morgan fingerprint density at radius 1 is 1.03 bits per heavy atom. The Balaban J connectivity index is 1.58. The zero-order valence-electron chi connectivity index (χ0n) is 19.9. The lowest BCUT2D eigenvalue weighted by atomic mass is 10.1. The normalized spacial score (nSPS) is 11.1. The molecule has 3 amide bonds. The van der Waals surface area contributed by atoms with Crippen LogP contribution >= 0.6 is 0 Å². The zero-order valence-corrected chi connectivity index (χ0v) is 19.9. The molecule has 1 aromatic carbocycles. The van der Waals surface area contributed by atoms with Crippen LogP contribution in [-0.2, 0) is 30.6 Å². The molecule has 11 nitrogen and oxygen atoms in total. The van der Waals surface area contributed by atoms with Gasteiger partial charge >= 0.3 is 12.2 Å². The molecule has 0 radical (unpaired) electrons. The number of nitrogen functional groups attached to an aromatic ring is 1. The van der Waals surface area contributed by atoms with E-state index in [0.717, 1.165) is 16.2 Å². The van der Waals surface area contributed by atoms with E-state index in [4.69, 9.17) is 5.73 Å². The molecule has 2 aromatic heterocycles. The number of anilines is 2. The summed E-state index contributed by atoms with van der Waals surface area (Å²) in [5, 5.41) is 4.97. The third kappa shape index (κ3) is 7.19. The molecule has 0 spiro atoms. The molecule has 0 atom stereocenters. The largest absolute Gasteiger partial charge is 0.416 e. The van der Waals surface area contributed by atoms with Crippen molar-refractivity contribution in [1.29, 1.82) is 0 Å². The van der Waals surface area contributed by atoms with Gasteiger partial charge in [0.2, 0.25) is 11.7 Å². The number of halogens is 3. The number of aryl methyl sites for hydroxylation is 2. The van der Waals surface area contributed by atoms with Crippen molar-refractivity contribution in [3.05, 3.63) is 81.0 Å². The Labute approximate surface area is 209 Å². The van der Waals surface area contributed by atoms with E-state index in [1.807, 2.05) is 0 Å². The summed E-state index contributed by atoms with van der Waals surface area (Å²) in [6, 6.07) is 7.28. The predicted molar refractivity (Wildman–Crippen MR) is 129 cm³/mol. The minimum Gasteiger partial charge on any atom is -0.384 e. The summed E-state index contributed by atoms with van der Waals surface area (Å²) < 4.78 is 40.4. The van der Waals surface area contributed by atoms with Gasteiger partial charge < -0.3 is 16.4 Å². The molecule has 196 valence electrons. The van der Waals surface area contributed by atoms with Gasteiger partial charge in [-0.25, -0.2) is 14.8 Å². The fourth-order valence-electron chi connectivity index (χ4n) is 3.33. The molecule has 0 aliphatic rings. The van der Waals surface area contributed by atoms with E-state index < -0.39 is 35.8 Å². The van der Waals surface area contributed by atoms with Crippen LogP contribution in [-0.4, -0.2) is 26.5 Å². The topological polar surface area (TPSA) is 156 Å². The molecular weight excluding hydrogens is 493 g/mol. The number of alkyl halides is 3. The fourth-order valence-corrected chi connectivity index (χ4v) is 3.33. The zero-order chi connectivity index (χ0) is 27.2. The lowest BCUT2D eigenvalue weighted by Crippen LogP contribution is -2.42. The predicted octanol–water partition coefficient (Wildman–Crippen LogP) is 2.00. The maximum atomic E-state index is 13.1. The summed E-state index contributed by atoms with van der Waals surface area (Å²) in [5.74, 6) is -0.379. The van der Waals surface area contributed by atoms with E-state index in [1.54, 1.807) is 26.0 Å². The van der Waals surface area contributed by atoms with Crippen molar-refractivity contribution < 1.29 is 22.8 Å². The number of nitrogens with zero attached hydrogens (tertiary/aromatic N) is 3. The summed E-state index contributed by atoms with van der Waals surface area (Å²) in [4.78, 5) is 45.3. The fraction of sp³-hybridized carbons (Fsp3) is 0.261. The van der Waals surface area contributed by atoms with Crippen LogP contribution in [0.2, 0.25) is 0 Å². The summed E-state index contributed by atoms with van der Waals surface area (Å²) in [5.41, 5.74) is 10.2. The summed E-state index contributed by atoms with van der Waals surface area (Å²) >= 11 is 0. The monoisotopic (exact) mass is 518 g/mol. The summed E-state index contributed by atoms with van der Waals surface area (Å²) in [6.07, 6.45) is -3.24. The van der Waals surface area contributed by atoms with Crippen LogP contribution < -0.4 is 32.8 Å². The number of nitrogens with two attached hydrogens (primary N) is 1. The Morgan fingerprint density at radius 2 is 1.73 bits per heavy atom. The number of hydrogen-bond donors (Lipinski definition) is 5. The Bertz CT molecular complexity index is 1360. The first-order valence-electron chi connectivity index (χ1n) is 11.0. The SMILES string of the molecule is Cc1nc(N)ccc1CNC(=O)Cn1c(C)cnc(NNC(=O)NCc2ccccc2C(F)(F)F)c1=O. The Kier molecular flexibility index (Phi) is 8.32. The van der Waals surface area contributed by atoms with Gasteiger partial charge in [0.05, 0.1) is 5.56 Å². The van der Waals surface area contributed by atoms with Crippen molar-refractivity contribution in [2.45, 2.75) is 39.7 Å². The first kappa shape index (κ1) is 27.0. The van der Waals surface area contributed by atoms with Crippen molar-refractivity contribution in [2.24, 2.45) is 0 Å². The van der Waals surface area contributed by atoms with Crippen molar-refractivity contribution in [3.63, 3.8) is 0 Å². The number of nitrogens with one attached hydrogen (secondary N) is 4. The van der Waals surface area contributed by atoms with Crippen molar-refractivity contribution >= 4 is 23.6 Å². The molecule has 3 aromatic rings. The molecule has 6 N–H and O–H groups in total. The number of hydrazine groups is 1. The smallest absolute Gasteiger partial charge is 0.384 e. The van der Waals surface area contributed by atoms with Crippen LogP contribution in [0.1, 0.15) is 28.1 Å². The highest BCUT2D eigenvalue weighted by atomic mass is 19.4. The first-order valence-corrected chi connectivity index (χ1v) is 11.0. The van der Waals surface area contributed by atoms with Crippen LogP contribution in [0, 0.1) is 13.8 Å². The van der Waals surface area contributed by atoms with E-state index in [-0.39, 0.29) is 24.5 Å². The van der Waals surface area contributed by atoms with Crippen molar-refractivity contribution in [1.82, 2.24) is 30.6 Å². The van der Waals surface area contributed by atoms with Gasteiger partial charge in [-0.2, -0.15) is 13.2 Å². The molecule has 0 bridgehead atoms. The third-order valence-electron chi connectivity index (χ3n) is 5.31. The summed E-state index contributed by atoms with van der Waals surface area (Å²) in [6.45, 7) is 2.80. The molecule has 14 heteroatoms. The standard InChI is InChI=1S/C23H25F3N8O3/c1-13-9-29-20(32-33-22(37)30-11-16-5-3-4-6-17(16)23(24,25)26)21(36)34(13)12-19(35)28-10-15-7-8-18(27)31-14(15)2/h3-9H,10-12H2,1-2H3,(H2,27,31)(H,28,35)(H,29,32)(H2,30,33,37). The highest BCUT2D eigenvalue weighted by Gasteiger charge is 2.32. The van der Waals surface area contributed by atoms with Gasteiger partial charge in [0, 0.05) is 30.7 Å². The van der Waals surface area contributed by atoms with Gasteiger partial charge in [-0.15, -0.1) is 0 Å². The van der Waals surface area contributed by atoms with Crippen LogP contribution in [0.5, 0.6) is 0 Å². The van der Waals surface area contributed by atoms with E-state index in [0.29, 0.717) is 17.2 Å². The number of benzene rings is 1. The Hall–Kier alpha value is -4.62. The van der Waals surface area contributed by atoms with E-state index in [2.05, 4.69) is 31.5 Å². The van der Waals surface area contributed by atoms with Crippen LogP contribution in [0.25, 0.3) is 0 Å². The first-order chi connectivity index (χ1) is 17.5. The second kappa shape index (κ2) is 11.4. The number of carbonyl (C=O) groups is 2. The number of rotatable bonds is 8. The number of hydrogen-bond acceptors (Lipinski definition) is 7. The molecule has 2 heterocycles. The van der Waals surface area contributed by atoms with Gasteiger partial charge in [-0.3, -0.25) is 25.0 Å². The molecule has 0 saturated heterocycles. The maximum absolute atomic E-state index is 13.1. The van der Waals surface area contributed by atoms with Crippen LogP contribution in [0.15, 0.2) is 47.4 Å². The molecule has 37 heavy (non-hydrogen) atoms. The minimum atomic E-state index is -4.57. The van der Waals surface area contributed by atoms with Gasteiger partial charge in [0.25, 0.3) is 5.56 Å². The van der Waals surface area contributed by atoms with Crippen molar-refractivity contribution in [2.75, 3.05) is 11.2 Å². The van der Waals surface area contributed by atoms with E-state index in [1.165, 1.54) is 24.4 Å². The van der Waals surface area contributed by atoms with Gasteiger partial charge in [0.15, 0.2) is 0 Å². The number of urea groups is 1. The quantitative estimate of drug-likeness (QED) is 0.286. The second-order valence-corrected chi connectivity index (χ2v) is 7.98. The van der Waals surface area contributed by atoms with Crippen LogP contribution in [0.3, 0.4) is 0 Å². The summed E-state index contributed by atoms with van der Waals surface area (Å²) in [7, 11) is 0. The molecular formula is C23H25F3N8O3. The van der Waals surface area contributed by atoms with Crippen molar-refractivity contribution in [3.8, 4) is 0 Å². The van der Waals surface area contributed by atoms with Gasteiger partial charge in [0.1, 0.15) is 12.4 Å². The molecule has 0 aliphatic heterocycles. The minimum absolute atomic E-state index is 0.128. The molecule has 0 saturated carbocycles. The lowest BCUT2D eigenvalue weighted by Gasteiger charge is -2.15. The van der Waals surface area contributed by atoms with Crippen LogP contribution in [0.4, 0.5) is 29.6 Å². The Morgan fingerprint density at radius 3 is 2.43 bits per heavy atom. The number of carbonyl (C=O) groups excluding carboxylic acids is 2. The number of amides is 3. The van der Waals surface area contributed by atoms with E-state index >= 15 is 0 Å². The lowest BCUT2D eigenvalue weighted by molar-refractivity contribution is -0.138. The number of aromatic nitrogens is 3. The van der Waals surface area contributed by atoms with Gasteiger partial charge in [-0.05, 0) is 37.1 Å². The molecule has 3 rings (SSSR count). The molecule has 0 unspecified atom stereocenters. The third-order valence-corrected chi connectivity index (χ3v) is 5.31.